The van der Waals surface area contributed by atoms with Crippen molar-refractivity contribution in [3.05, 3.63) is 40.5 Å². The number of nitrogens with zero attached hydrogens (tertiary/aromatic N) is 3. The van der Waals surface area contributed by atoms with Gasteiger partial charge < -0.3 is 5.11 Å². The molecule has 2 atom stereocenters. The Balaban J connectivity index is 1.68. The van der Waals surface area contributed by atoms with Crippen LogP contribution in [0.4, 0.5) is 13.2 Å². The van der Waals surface area contributed by atoms with Gasteiger partial charge in [0.15, 0.2) is 0 Å². The minimum atomic E-state index is -5.04. The summed E-state index contributed by atoms with van der Waals surface area (Å²) in [7, 11) is 0. The first-order valence-electron chi connectivity index (χ1n) is 8.74. The highest BCUT2D eigenvalue weighted by atomic mass is 79.9. The number of hydrogen-bond donors (Lipinski definition) is 2. The van der Waals surface area contributed by atoms with Crippen LogP contribution >= 0.6 is 15.9 Å². The Morgan fingerprint density at radius 1 is 1.29 bits per heavy atom. The van der Waals surface area contributed by atoms with Crippen LogP contribution in [-0.4, -0.2) is 43.8 Å². The molecule has 0 radical (unpaired) electrons. The van der Waals surface area contributed by atoms with Crippen LogP contribution in [0, 0.1) is 5.92 Å². The summed E-state index contributed by atoms with van der Waals surface area (Å²) in [5.74, 6) is -2.31. The van der Waals surface area contributed by atoms with Gasteiger partial charge in [-0.1, -0.05) is 34.5 Å². The van der Waals surface area contributed by atoms with E-state index in [1.807, 2.05) is 0 Å². The number of rotatable bonds is 2. The van der Waals surface area contributed by atoms with Crippen molar-refractivity contribution in [2.45, 2.75) is 37.6 Å². The van der Waals surface area contributed by atoms with Crippen molar-refractivity contribution in [3.8, 4) is 11.3 Å². The van der Waals surface area contributed by atoms with E-state index in [0.717, 1.165) is 4.47 Å². The number of aromatic amines is 1. The fourth-order valence-corrected chi connectivity index (χ4v) is 4.00. The zero-order chi connectivity index (χ0) is 20.1. The molecule has 2 heterocycles. The number of amides is 1. The second kappa shape index (κ2) is 6.70. The first-order valence-corrected chi connectivity index (χ1v) is 9.53. The molecule has 1 aliphatic heterocycles. The van der Waals surface area contributed by atoms with E-state index in [9.17, 15) is 23.1 Å². The smallest absolute Gasteiger partial charge is 0.362 e. The number of aliphatic hydroxyl groups is 1. The van der Waals surface area contributed by atoms with Crippen molar-refractivity contribution in [3.63, 3.8) is 0 Å². The van der Waals surface area contributed by atoms with Gasteiger partial charge >= 0.3 is 6.18 Å². The molecule has 1 aromatic heterocycles. The fourth-order valence-electron chi connectivity index (χ4n) is 3.73. The van der Waals surface area contributed by atoms with Gasteiger partial charge in [-0.3, -0.25) is 9.89 Å². The summed E-state index contributed by atoms with van der Waals surface area (Å²) in [6.07, 6.45) is -3.35. The molecule has 0 bridgehead atoms. The van der Waals surface area contributed by atoms with E-state index in [1.54, 1.807) is 24.3 Å². The third kappa shape index (κ3) is 2.95. The van der Waals surface area contributed by atoms with Crippen molar-refractivity contribution < 1.29 is 23.1 Å². The largest absolute Gasteiger partial charge is 0.439 e. The zero-order valence-corrected chi connectivity index (χ0v) is 16.1. The van der Waals surface area contributed by atoms with Gasteiger partial charge in [0.25, 0.3) is 11.6 Å². The number of benzene rings is 1. The van der Waals surface area contributed by atoms with Gasteiger partial charge in [0.05, 0.1) is 11.6 Å². The van der Waals surface area contributed by atoms with Crippen molar-refractivity contribution in [2.24, 2.45) is 11.0 Å². The Labute approximate surface area is 166 Å². The Hall–Kier alpha value is -2.20. The van der Waals surface area contributed by atoms with Gasteiger partial charge in [-0.05, 0) is 37.5 Å². The van der Waals surface area contributed by atoms with Crippen LogP contribution in [-0.2, 0) is 0 Å². The Morgan fingerprint density at radius 2 is 2.00 bits per heavy atom. The molecule has 1 saturated carbocycles. The number of fused-ring (bicyclic) bond motifs is 1. The molecule has 0 unspecified atom stereocenters. The lowest BCUT2D eigenvalue weighted by Crippen LogP contribution is -2.61. The Bertz CT molecular complexity index is 941. The highest BCUT2D eigenvalue weighted by Gasteiger charge is 2.68. The standard InChI is InChI=1S/C18H16BrF3N4O2/c19-11-7-5-10(6-8-11)14-9-15(24-23-14)16(27)26-17(28,18(20,21)22)12-3-1-2-4-13(12)25-26/h5-9,12,28H,1-4H2,(H,23,24)/t12-,17-/m1/s1. The maximum Gasteiger partial charge on any atom is 0.439 e. The molecule has 4 rings (SSSR count). The van der Waals surface area contributed by atoms with Crippen LogP contribution < -0.4 is 0 Å². The molecule has 0 saturated heterocycles. The monoisotopic (exact) mass is 456 g/mol. The summed E-state index contributed by atoms with van der Waals surface area (Å²) < 4.78 is 42.3. The number of H-pyrrole nitrogens is 1. The van der Waals surface area contributed by atoms with Gasteiger partial charge in [-0.2, -0.15) is 28.4 Å². The molecule has 2 N–H and O–H groups in total. The van der Waals surface area contributed by atoms with E-state index in [2.05, 4.69) is 31.2 Å². The Morgan fingerprint density at radius 3 is 2.68 bits per heavy atom. The second-order valence-corrected chi connectivity index (χ2v) is 7.82. The first kappa shape index (κ1) is 19.1. The Kier molecular flexibility index (Phi) is 4.58. The molecule has 1 amide bonds. The lowest BCUT2D eigenvalue weighted by atomic mass is 9.80. The van der Waals surface area contributed by atoms with Gasteiger partial charge in [0.2, 0.25) is 0 Å². The summed E-state index contributed by atoms with van der Waals surface area (Å²) in [5, 5.41) is 21.1. The van der Waals surface area contributed by atoms with Gasteiger partial charge in [0, 0.05) is 15.7 Å². The number of carbonyl (C=O) groups excluding carboxylic acids is 1. The number of aromatic nitrogens is 2. The summed E-state index contributed by atoms with van der Waals surface area (Å²) in [6.45, 7) is 0. The predicted octanol–water partition coefficient (Wildman–Crippen LogP) is 4.09. The van der Waals surface area contributed by atoms with Crippen molar-refractivity contribution in [1.82, 2.24) is 15.2 Å². The summed E-state index contributed by atoms with van der Waals surface area (Å²) >= 11 is 3.31. The molecule has 2 aliphatic rings. The zero-order valence-electron chi connectivity index (χ0n) is 14.5. The van der Waals surface area contributed by atoms with Crippen LogP contribution in [0.15, 0.2) is 39.9 Å². The summed E-state index contributed by atoms with van der Waals surface area (Å²) in [5.41, 5.74) is -2.22. The molecule has 0 spiro atoms. The highest BCUT2D eigenvalue weighted by Crippen LogP contribution is 2.48. The van der Waals surface area contributed by atoms with E-state index in [-0.39, 0.29) is 22.8 Å². The second-order valence-electron chi connectivity index (χ2n) is 6.90. The lowest BCUT2D eigenvalue weighted by molar-refractivity contribution is -0.312. The van der Waals surface area contributed by atoms with E-state index >= 15 is 0 Å². The molecule has 28 heavy (non-hydrogen) atoms. The first-order chi connectivity index (χ1) is 13.2. The van der Waals surface area contributed by atoms with Crippen LogP contribution in [0.2, 0.25) is 0 Å². The molecule has 1 fully saturated rings. The van der Waals surface area contributed by atoms with Crippen LogP contribution in [0.1, 0.15) is 36.2 Å². The summed E-state index contributed by atoms with van der Waals surface area (Å²) in [6, 6.07) is 8.43. The normalized spacial score (nSPS) is 24.8. The SMILES string of the molecule is O=C(c1cc(-c2ccc(Br)cc2)n[nH]1)N1N=C2CCCC[C@H]2[C@@]1(O)C(F)(F)F. The van der Waals surface area contributed by atoms with Crippen molar-refractivity contribution in [1.29, 1.82) is 0 Å². The van der Waals surface area contributed by atoms with Crippen LogP contribution in [0.5, 0.6) is 0 Å². The van der Waals surface area contributed by atoms with Crippen LogP contribution in [0.25, 0.3) is 11.3 Å². The van der Waals surface area contributed by atoms with E-state index < -0.39 is 23.7 Å². The number of alkyl halides is 3. The van der Waals surface area contributed by atoms with Crippen molar-refractivity contribution >= 4 is 27.5 Å². The molecule has 1 aromatic carbocycles. The molecule has 10 heteroatoms. The average Bonchev–Trinajstić information content (AvgIpc) is 3.26. The lowest BCUT2D eigenvalue weighted by Gasteiger charge is -2.37. The molecule has 1 aliphatic carbocycles. The van der Waals surface area contributed by atoms with Crippen LogP contribution in [0.3, 0.4) is 0 Å². The number of hydrogen-bond acceptors (Lipinski definition) is 4. The topological polar surface area (TPSA) is 81.6 Å². The molecular formula is C18H16BrF3N4O2. The van der Waals surface area contributed by atoms with Gasteiger partial charge in [-0.15, -0.1) is 0 Å². The number of halogens is 4. The van der Waals surface area contributed by atoms with E-state index in [0.29, 0.717) is 30.5 Å². The highest BCUT2D eigenvalue weighted by molar-refractivity contribution is 9.10. The minimum absolute atomic E-state index is 0.131. The third-order valence-electron chi connectivity index (χ3n) is 5.17. The molecular weight excluding hydrogens is 441 g/mol. The van der Waals surface area contributed by atoms with Gasteiger partial charge in [-0.25, -0.2) is 0 Å². The molecule has 6 nitrogen and oxygen atoms in total. The van der Waals surface area contributed by atoms with Gasteiger partial charge in [0.1, 0.15) is 5.69 Å². The minimum Gasteiger partial charge on any atom is -0.362 e. The quantitative estimate of drug-likeness (QED) is 0.713. The summed E-state index contributed by atoms with van der Waals surface area (Å²) in [4.78, 5) is 12.8. The molecule has 148 valence electrons. The number of nitrogens with one attached hydrogen (secondary N) is 1. The molecule has 2 aromatic rings. The van der Waals surface area contributed by atoms with E-state index in [1.165, 1.54) is 6.07 Å². The fraction of sp³-hybridized carbons (Fsp3) is 0.389. The predicted molar refractivity (Wildman–Crippen MR) is 98.3 cm³/mol. The van der Waals surface area contributed by atoms with Crippen molar-refractivity contribution in [2.75, 3.05) is 0 Å². The third-order valence-corrected chi connectivity index (χ3v) is 5.70. The number of hydrazone groups is 1. The maximum absolute atomic E-state index is 13.8. The average molecular weight is 457 g/mol. The maximum atomic E-state index is 13.8. The van der Waals surface area contributed by atoms with E-state index in [4.69, 9.17) is 0 Å². The number of carbonyl (C=O) groups is 1.